The summed E-state index contributed by atoms with van der Waals surface area (Å²) in [5.74, 6) is 0.689. The van der Waals surface area contributed by atoms with Gasteiger partial charge in [-0.05, 0) is 24.5 Å². The summed E-state index contributed by atoms with van der Waals surface area (Å²) in [5, 5.41) is 0.172. The monoisotopic (exact) mass is 291 g/mol. The van der Waals surface area contributed by atoms with Crippen LogP contribution in [0, 0.1) is 0 Å². The SMILES string of the molecule is CCc1ncc(S(=O)(=O)N2CCCc3ccccc32)[nH]1. The molecule has 2 heterocycles. The highest BCUT2D eigenvalue weighted by Crippen LogP contribution is 2.31. The summed E-state index contributed by atoms with van der Waals surface area (Å²) in [7, 11) is -3.55. The molecule has 1 aliphatic heterocycles. The molecule has 1 N–H and O–H groups in total. The fourth-order valence-corrected chi connectivity index (χ4v) is 4.00. The van der Waals surface area contributed by atoms with Gasteiger partial charge in [0.2, 0.25) is 0 Å². The van der Waals surface area contributed by atoms with Crippen molar-refractivity contribution in [2.45, 2.75) is 31.2 Å². The van der Waals surface area contributed by atoms with Crippen molar-refractivity contribution in [3.8, 4) is 0 Å². The van der Waals surface area contributed by atoms with Crippen molar-refractivity contribution in [3.63, 3.8) is 0 Å². The average molecular weight is 291 g/mol. The first-order valence-electron chi connectivity index (χ1n) is 6.77. The molecular weight excluding hydrogens is 274 g/mol. The molecule has 0 fully saturated rings. The number of hydrogen-bond acceptors (Lipinski definition) is 3. The van der Waals surface area contributed by atoms with E-state index in [1.807, 2.05) is 31.2 Å². The van der Waals surface area contributed by atoms with Gasteiger partial charge in [0, 0.05) is 13.0 Å². The Morgan fingerprint density at radius 1 is 1.35 bits per heavy atom. The molecule has 2 aromatic rings. The smallest absolute Gasteiger partial charge is 0.281 e. The van der Waals surface area contributed by atoms with Crippen LogP contribution in [0.5, 0.6) is 0 Å². The van der Waals surface area contributed by atoms with Gasteiger partial charge in [0.25, 0.3) is 10.0 Å². The van der Waals surface area contributed by atoms with Gasteiger partial charge in [0.15, 0.2) is 5.03 Å². The molecule has 0 spiro atoms. The number of aromatic amines is 1. The lowest BCUT2D eigenvalue weighted by atomic mass is 10.0. The molecule has 0 saturated carbocycles. The Morgan fingerprint density at radius 2 is 2.15 bits per heavy atom. The number of rotatable bonds is 3. The summed E-state index contributed by atoms with van der Waals surface area (Å²) in [6, 6.07) is 7.67. The van der Waals surface area contributed by atoms with Crippen LogP contribution < -0.4 is 4.31 Å². The van der Waals surface area contributed by atoms with Crippen LogP contribution in [0.15, 0.2) is 35.5 Å². The Labute approximate surface area is 118 Å². The number of aryl methyl sites for hydroxylation is 2. The van der Waals surface area contributed by atoms with Gasteiger partial charge < -0.3 is 4.98 Å². The summed E-state index contributed by atoms with van der Waals surface area (Å²) < 4.78 is 27.0. The van der Waals surface area contributed by atoms with Crippen molar-refractivity contribution in [2.75, 3.05) is 10.8 Å². The van der Waals surface area contributed by atoms with Gasteiger partial charge in [0.1, 0.15) is 5.82 Å². The number of aromatic nitrogens is 2. The molecule has 0 unspecified atom stereocenters. The van der Waals surface area contributed by atoms with Gasteiger partial charge in [-0.3, -0.25) is 4.31 Å². The lowest BCUT2D eigenvalue weighted by molar-refractivity contribution is 0.583. The highest BCUT2D eigenvalue weighted by molar-refractivity contribution is 7.92. The predicted molar refractivity (Wildman–Crippen MR) is 77.3 cm³/mol. The Kier molecular flexibility index (Phi) is 3.25. The predicted octanol–water partition coefficient (Wildman–Crippen LogP) is 2.11. The van der Waals surface area contributed by atoms with Gasteiger partial charge in [-0.25, -0.2) is 4.98 Å². The average Bonchev–Trinajstić information content (AvgIpc) is 2.96. The molecule has 106 valence electrons. The largest absolute Gasteiger partial charge is 0.332 e. The first-order valence-corrected chi connectivity index (χ1v) is 8.21. The third-order valence-corrected chi connectivity index (χ3v) is 5.30. The zero-order chi connectivity index (χ0) is 14.2. The van der Waals surface area contributed by atoms with Crippen LogP contribution in [-0.4, -0.2) is 24.9 Å². The Hall–Kier alpha value is -1.82. The zero-order valence-electron chi connectivity index (χ0n) is 11.3. The molecule has 6 heteroatoms. The first kappa shape index (κ1) is 13.2. The normalized spacial score (nSPS) is 15.2. The number of anilines is 1. The maximum absolute atomic E-state index is 12.7. The van der Waals surface area contributed by atoms with Crippen molar-refractivity contribution in [3.05, 3.63) is 41.9 Å². The number of benzene rings is 1. The van der Waals surface area contributed by atoms with Crippen LogP contribution in [0.1, 0.15) is 24.7 Å². The van der Waals surface area contributed by atoms with E-state index in [9.17, 15) is 8.42 Å². The number of imidazole rings is 1. The third kappa shape index (κ3) is 2.10. The molecule has 0 amide bonds. The molecule has 20 heavy (non-hydrogen) atoms. The maximum Gasteiger partial charge on any atom is 0.281 e. The van der Waals surface area contributed by atoms with E-state index in [1.165, 1.54) is 10.5 Å². The van der Waals surface area contributed by atoms with Crippen LogP contribution in [0.4, 0.5) is 5.69 Å². The molecule has 1 aliphatic rings. The van der Waals surface area contributed by atoms with E-state index in [1.54, 1.807) is 0 Å². The Morgan fingerprint density at radius 3 is 2.90 bits per heavy atom. The molecule has 1 aromatic carbocycles. The second-order valence-corrected chi connectivity index (χ2v) is 6.69. The number of nitrogens with zero attached hydrogens (tertiary/aromatic N) is 2. The number of para-hydroxylation sites is 1. The van der Waals surface area contributed by atoms with Gasteiger partial charge in [-0.2, -0.15) is 8.42 Å². The van der Waals surface area contributed by atoms with Crippen LogP contribution in [0.25, 0.3) is 0 Å². The number of sulfonamides is 1. The van der Waals surface area contributed by atoms with Crippen molar-refractivity contribution < 1.29 is 8.42 Å². The first-order chi connectivity index (χ1) is 9.63. The molecule has 5 nitrogen and oxygen atoms in total. The summed E-state index contributed by atoms with van der Waals surface area (Å²) in [6.45, 7) is 2.45. The summed E-state index contributed by atoms with van der Waals surface area (Å²) in [4.78, 5) is 6.98. The van der Waals surface area contributed by atoms with Crippen molar-refractivity contribution in [2.24, 2.45) is 0 Å². The molecule has 0 saturated heterocycles. The summed E-state index contributed by atoms with van der Waals surface area (Å²) in [6.07, 6.45) is 3.86. The maximum atomic E-state index is 12.7. The van der Waals surface area contributed by atoms with Gasteiger partial charge in [-0.15, -0.1) is 0 Å². The van der Waals surface area contributed by atoms with Crippen molar-refractivity contribution in [1.29, 1.82) is 0 Å². The van der Waals surface area contributed by atoms with E-state index in [4.69, 9.17) is 0 Å². The van der Waals surface area contributed by atoms with E-state index in [-0.39, 0.29) is 5.03 Å². The quantitative estimate of drug-likeness (QED) is 0.942. The molecule has 0 aliphatic carbocycles. The summed E-state index contributed by atoms with van der Waals surface area (Å²) in [5.41, 5.74) is 1.86. The second kappa shape index (κ2) is 4.94. The third-order valence-electron chi connectivity index (χ3n) is 3.58. The lowest BCUT2D eigenvalue weighted by Crippen LogP contribution is -2.35. The molecule has 0 atom stereocenters. The van der Waals surface area contributed by atoms with E-state index in [2.05, 4.69) is 9.97 Å². The van der Waals surface area contributed by atoms with E-state index in [0.29, 0.717) is 18.8 Å². The highest BCUT2D eigenvalue weighted by Gasteiger charge is 2.30. The number of H-pyrrole nitrogens is 1. The van der Waals surface area contributed by atoms with Crippen molar-refractivity contribution in [1.82, 2.24) is 9.97 Å². The molecule has 0 bridgehead atoms. The van der Waals surface area contributed by atoms with Crippen molar-refractivity contribution >= 4 is 15.7 Å². The van der Waals surface area contributed by atoms with Crippen LogP contribution in [0.3, 0.4) is 0 Å². The van der Waals surface area contributed by atoms with Gasteiger partial charge in [-0.1, -0.05) is 25.1 Å². The van der Waals surface area contributed by atoms with Crippen LogP contribution in [-0.2, 0) is 22.9 Å². The Bertz CT molecular complexity index is 722. The molecule has 1 aromatic heterocycles. The standard InChI is InChI=1S/C14H17N3O2S/c1-2-13-15-10-14(16-13)20(18,19)17-9-5-7-11-6-3-4-8-12(11)17/h3-4,6,8,10H,2,5,7,9H2,1H3,(H,15,16). The molecule has 3 rings (SSSR count). The van der Waals surface area contributed by atoms with E-state index >= 15 is 0 Å². The zero-order valence-corrected chi connectivity index (χ0v) is 12.2. The van der Waals surface area contributed by atoms with Gasteiger partial charge in [0.05, 0.1) is 11.9 Å². The topological polar surface area (TPSA) is 66.1 Å². The van der Waals surface area contributed by atoms with E-state index < -0.39 is 10.0 Å². The number of nitrogens with one attached hydrogen (secondary N) is 1. The number of fused-ring (bicyclic) bond motifs is 1. The lowest BCUT2D eigenvalue weighted by Gasteiger charge is -2.29. The minimum absolute atomic E-state index is 0.172. The molecular formula is C14H17N3O2S. The fourth-order valence-electron chi connectivity index (χ4n) is 2.52. The van der Waals surface area contributed by atoms with Crippen LogP contribution in [0.2, 0.25) is 0 Å². The minimum Gasteiger partial charge on any atom is -0.332 e. The number of hydrogen-bond donors (Lipinski definition) is 1. The molecule has 0 radical (unpaired) electrons. The highest BCUT2D eigenvalue weighted by atomic mass is 32.2. The van der Waals surface area contributed by atoms with Gasteiger partial charge >= 0.3 is 0 Å². The fraction of sp³-hybridized carbons (Fsp3) is 0.357. The Balaban J connectivity index is 2.04. The van der Waals surface area contributed by atoms with Crippen LogP contribution >= 0.6 is 0 Å². The second-order valence-electron chi connectivity index (χ2n) is 4.86. The van der Waals surface area contributed by atoms with E-state index in [0.717, 1.165) is 24.1 Å². The summed E-state index contributed by atoms with van der Waals surface area (Å²) >= 11 is 0. The minimum atomic E-state index is -3.55.